The highest BCUT2D eigenvalue weighted by Gasteiger charge is 2.48. The van der Waals surface area contributed by atoms with E-state index in [4.69, 9.17) is 0 Å². The standard InChI is InChI=1S/C9H17NO2S/c1-7(2)13(11,12)10-6-8-4-3-5-9(8)10/h7-9H,3-6H2,1-2H3. The fourth-order valence-electron chi connectivity index (χ4n) is 2.40. The third-order valence-electron chi connectivity index (χ3n) is 3.33. The molecule has 1 heterocycles. The fourth-order valence-corrected chi connectivity index (χ4v) is 4.00. The molecule has 76 valence electrons. The van der Waals surface area contributed by atoms with E-state index < -0.39 is 10.0 Å². The quantitative estimate of drug-likeness (QED) is 0.676. The zero-order valence-corrected chi connectivity index (χ0v) is 9.05. The summed E-state index contributed by atoms with van der Waals surface area (Å²) in [5.74, 6) is 0.675. The first-order valence-corrected chi connectivity index (χ1v) is 6.54. The van der Waals surface area contributed by atoms with Gasteiger partial charge in [0.15, 0.2) is 0 Å². The second kappa shape index (κ2) is 2.95. The van der Waals surface area contributed by atoms with E-state index in [2.05, 4.69) is 0 Å². The predicted molar refractivity (Wildman–Crippen MR) is 51.9 cm³/mol. The molecule has 1 aliphatic carbocycles. The Kier molecular flexibility index (Phi) is 2.15. The van der Waals surface area contributed by atoms with Crippen molar-refractivity contribution in [3.63, 3.8) is 0 Å². The summed E-state index contributed by atoms with van der Waals surface area (Å²) >= 11 is 0. The van der Waals surface area contributed by atoms with Crippen LogP contribution in [0.3, 0.4) is 0 Å². The Balaban J connectivity index is 2.12. The Morgan fingerprint density at radius 1 is 1.31 bits per heavy atom. The van der Waals surface area contributed by atoms with Gasteiger partial charge in [-0.15, -0.1) is 0 Å². The van der Waals surface area contributed by atoms with Crippen LogP contribution in [0.4, 0.5) is 0 Å². The summed E-state index contributed by atoms with van der Waals surface area (Å²) < 4.78 is 25.3. The van der Waals surface area contributed by atoms with Gasteiger partial charge in [0.05, 0.1) is 5.25 Å². The minimum absolute atomic E-state index is 0.256. The van der Waals surface area contributed by atoms with Gasteiger partial charge in [0.1, 0.15) is 0 Å². The molecule has 0 amide bonds. The molecule has 0 radical (unpaired) electrons. The van der Waals surface area contributed by atoms with E-state index in [-0.39, 0.29) is 5.25 Å². The number of nitrogens with zero attached hydrogens (tertiary/aromatic N) is 1. The van der Waals surface area contributed by atoms with E-state index in [0.717, 1.165) is 13.0 Å². The van der Waals surface area contributed by atoms with Crippen LogP contribution in [0.25, 0.3) is 0 Å². The van der Waals surface area contributed by atoms with Crippen LogP contribution < -0.4 is 0 Å². The lowest BCUT2D eigenvalue weighted by Gasteiger charge is -2.44. The van der Waals surface area contributed by atoms with E-state index in [1.807, 2.05) is 0 Å². The summed E-state index contributed by atoms with van der Waals surface area (Å²) in [5, 5.41) is -0.256. The molecule has 2 atom stereocenters. The smallest absolute Gasteiger partial charge is 0.212 e. The Morgan fingerprint density at radius 3 is 2.54 bits per heavy atom. The van der Waals surface area contributed by atoms with Gasteiger partial charge < -0.3 is 0 Å². The minimum Gasteiger partial charge on any atom is -0.212 e. The van der Waals surface area contributed by atoms with Crippen molar-refractivity contribution in [2.24, 2.45) is 5.92 Å². The van der Waals surface area contributed by atoms with Crippen molar-refractivity contribution in [3.8, 4) is 0 Å². The molecule has 3 nitrogen and oxygen atoms in total. The molecule has 0 bridgehead atoms. The maximum Gasteiger partial charge on any atom is 0.216 e. The highest BCUT2D eigenvalue weighted by Crippen LogP contribution is 2.41. The summed E-state index contributed by atoms with van der Waals surface area (Å²) in [7, 11) is -2.96. The summed E-state index contributed by atoms with van der Waals surface area (Å²) in [6, 6.07) is 0.354. The maximum atomic E-state index is 11.8. The van der Waals surface area contributed by atoms with E-state index in [9.17, 15) is 8.42 Å². The molecule has 13 heavy (non-hydrogen) atoms. The Hall–Kier alpha value is -0.0900. The monoisotopic (exact) mass is 203 g/mol. The number of rotatable bonds is 2. The first kappa shape index (κ1) is 9.46. The normalized spacial score (nSPS) is 34.7. The second-order valence-corrected chi connectivity index (χ2v) is 6.86. The average molecular weight is 203 g/mol. The molecule has 2 fully saturated rings. The zero-order valence-electron chi connectivity index (χ0n) is 8.23. The van der Waals surface area contributed by atoms with Gasteiger partial charge >= 0.3 is 0 Å². The topological polar surface area (TPSA) is 37.4 Å². The van der Waals surface area contributed by atoms with Crippen LogP contribution >= 0.6 is 0 Å². The van der Waals surface area contributed by atoms with E-state index in [1.165, 1.54) is 12.8 Å². The van der Waals surface area contributed by atoms with Crippen LogP contribution in [-0.2, 0) is 10.0 Å². The van der Waals surface area contributed by atoms with Crippen molar-refractivity contribution in [2.45, 2.75) is 44.4 Å². The van der Waals surface area contributed by atoms with Gasteiger partial charge in [-0.1, -0.05) is 6.42 Å². The summed E-state index contributed by atoms with van der Waals surface area (Å²) in [5.41, 5.74) is 0. The fraction of sp³-hybridized carbons (Fsp3) is 1.00. The van der Waals surface area contributed by atoms with E-state index >= 15 is 0 Å². The van der Waals surface area contributed by atoms with Crippen LogP contribution in [0, 0.1) is 5.92 Å². The molecular weight excluding hydrogens is 186 g/mol. The molecule has 1 aliphatic heterocycles. The van der Waals surface area contributed by atoms with Gasteiger partial charge in [-0.05, 0) is 32.6 Å². The number of hydrogen-bond donors (Lipinski definition) is 0. The van der Waals surface area contributed by atoms with Crippen molar-refractivity contribution in [2.75, 3.05) is 6.54 Å². The third kappa shape index (κ3) is 1.31. The van der Waals surface area contributed by atoms with Crippen LogP contribution in [0.5, 0.6) is 0 Å². The minimum atomic E-state index is -2.96. The largest absolute Gasteiger partial charge is 0.216 e. The van der Waals surface area contributed by atoms with Crippen LogP contribution in [0.2, 0.25) is 0 Å². The number of sulfonamides is 1. The molecular formula is C9H17NO2S. The van der Waals surface area contributed by atoms with Gasteiger partial charge in [0.25, 0.3) is 0 Å². The molecule has 1 saturated carbocycles. The van der Waals surface area contributed by atoms with Crippen LogP contribution in [0.15, 0.2) is 0 Å². The molecule has 2 unspecified atom stereocenters. The lowest BCUT2D eigenvalue weighted by Crippen LogP contribution is -2.57. The van der Waals surface area contributed by atoms with E-state index in [1.54, 1.807) is 18.2 Å². The van der Waals surface area contributed by atoms with Gasteiger partial charge in [-0.25, -0.2) is 8.42 Å². The van der Waals surface area contributed by atoms with Crippen molar-refractivity contribution >= 4 is 10.0 Å². The molecule has 0 aromatic rings. The first-order valence-electron chi connectivity index (χ1n) is 5.04. The molecule has 2 rings (SSSR count). The lowest BCUT2D eigenvalue weighted by atomic mass is 9.96. The second-order valence-electron chi connectivity index (χ2n) is 4.42. The van der Waals surface area contributed by atoms with Crippen LogP contribution in [0.1, 0.15) is 33.1 Å². The Bertz CT molecular complexity index is 297. The molecule has 4 heteroatoms. The molecule has 0 spiro atoms. The lowest BCUT2D eigenvalue weighted by molar-refractivity contribution is 0.130. The molecule has 0 N–H and O–H groups in total. The molecule has 1 saturated heterocycles. The highest BCUT2D eigenvalue weighted by atomic mass is 32.2. The first-order chi connectivity index (χ1) is 6.03. The summed E-state index contributed by atoms with van der Waals surface area (Å²) in [6.45, 7) is 4.31. The number of hydrogen-bond acceptors (Lipinski definition) is 2. The maximum absolute atomic E-state index is 11.8. The Labute approximate surface area is 80.2 Å². The molecule has 0 aromatic heterocycles. The van der Waals surface area contributed by atoms with Crippen LogP contribution in [-0.4, -0.2) is 30.6 Å². The van der Waals surface area contributed by atoms with E-state index in [0.29, 0.717) is 12.0 Å². The van der Waals surface area contributed by atoms with Crippen molar-refractivity contribution in [3.05, 3.63) is 0 Å². The average Bonchev–Trinajstić information content (AvgIpc) is 2.31. The van der Waals surface area contributed by atoms with Crippen molar-refractivity contribution in [1.29, 1.82) is 0 Å². The third-order valence-corrected chi connectivity index (χ3v) is 5.59. The number of fused-ring (bicyclic) bond motifs is 1. The van der Waals surface area contributed by atoms with Gasteiger partial charge in [0.2, 0.25) is 10.0 Å². The predicted octanol–water partition coefficient (Wildman–Crippen LogP) is 1.21. The molecule has 2 aliphatic rings. The van der Waals surface area contributed by atoms with Crippen molar-refractivity contribution < 1.29 is 8.42 Å². The zero-order chi connectivity index (χ0) is 9.64. The van der Waals surface area contributed by atoms with Gasteiger partial charge in [-0.3, -0.25) is 0 Å². The summed E-state index contributed by atoms with van der Waals surface area (Å²) in [6.07, 6.45) is 3.52. The molecule has 0 aromatic carbocycles. The summed E-state index contributed by atoms with van der Waals surface area (Å²) in [4.78, 5) is 0. The SMILES string of the molecule is CC(C)S(=O)(=O)N1CC2CCCC21. The van der Waals surface area contributed by atoms with Crippen molar-refractivity contribution in [1.82, 2.24) is 4.31 Å². The Morgan fingerprint density at radius 2 is 2.00 bits per heavy atom. The van der Waals surface area contributed by atoms with Gasteiger partial charge in [0, 0.05) is 12.6 Å². The highest BCUT2D eigenvalue weighted by molar-refractivity contribution is 7.89. The van der Waals surface area contributed by atoms with Gasteiger partial charge in [-0.2, -0.15) is 4.31 Å².